The van der Waals surface area contributed by atoms with E-state index in [1.807, 2.05) is 42.5 Å². The molecule has 1 amide bonds. The number of aliphatic hydroxyl groups is 1. The molecule has 0 saturated carbocycles. The number of carbonyl (C=O) groups is 2. The van der Waals surface area contributed by atoms with E-state index in [2.05, 4.69) is 0 Å². The third kappa shape index (κ3) is 4.57. The number of aryl methyl sites for hydroxylation is 1. The van der Waals surface area contributed by atoms with Crippen LogP contribution >= 0.6 is 11.6 Å². The van der Waals surface area contributed by atoms with Gasteiger partial charge in [0.2, 0.25) is 0 Å². The quantitative estimate of drug-likeness (QED) is 0.536. The Morgan fingerprint density at radius 2 is 1.68 bits per heavy atom. The smallest absolute Gasteiger partial charge is 0.290 e. The SMILES string of the molecule is O=C(CCc1ccccc1)C1=C(O)C(=O)N(CCc2ccc(Cl)cc2)C1c1ccco1. The summed E-state index contributed by atoms with van der Waals surface area (Å²) >= 11 is 5.95. The van der Waals surface area contributed by atoms with Crippen molar-refractivity contribution in [3.05, 3.63) is 106 Å². The minimum Gasteiger partial charge on any atom is -0.503 e. The second-order valence-electron chi connectivity index (χ2n) is 7.46. The molecule has 158 valence electrons. The van der Waals surface area contributed by atoms with Gasteiger partial charge in [-0.1, -0.05) is 54.1 Å². The summed E-state index contributed by atoms with van der Waals surface area (Å²) in [4.78, 5) is 27.5. The second-order valence-corrected chi connectivity index (χ2v) is 7.90. The molecule has 31 heavy (non-hydrogen) atoms. The Morgan fingerprint density at radius 1 is 0.968 bits per heavy atom. The number of furan rings is 1. The van der Waals surface area contributed by atoms with Crippen molar-refractivity contribution < 1.29 is 19.1 Å². The van der Waals surface area contributed by atoms with Crippen LogP contribution in [0.2, 0.25) is 5.02 Å². The molecule has 1 aliphatic heterocycles. The van der Waals surface area contributed by atoms with Gasteiger partial charge in [-0.05, 0) is 48.2 Å². The molecule has 0 bridgehead atoms. The Hall–Kier alpha value is -3.31. The van der Waals surface area contributed by atoms with Crippen molar-refractivity contribution in [3.63, 3.8) is 0 Å². The maximum absolute atomic E-state index is 13.1. The molecular weight excluding hydrogens is 414 g/mol. The number of nitrogens with zero attached hydrogens (tertiary/aromatic N) is 1. The minimum absolute atomic E-state index is 0.104. The zero-order valence-electron chi connectivity index (χ0n) is 16.8. The van der Waals surface area contributed by atoms with Crippen molar-refractivity contribution in [1.29, 1.82) is 0 Å². The highest BCUT2D eigenvalue weighted by Crippen LogP contribution is 2.38. The first kappa shape index (κ1) is 20.9. The number of aliphatic hydroxyl groups excluding tert-OH is 1. The predicted octanol–water partition coefficient (Wildman–Crippen LogP) is 5.07. The Bertz CT molecular complexity index is 1090. The van der Waals surface area contributed by atoms with Crippen molar-refractivity contribution in [2.24, 2.45) is 0 Å². The fourth-order valence-electron chi connectivity index (χ4n) is 3.85. The van der Waals surface area contributed by atoms with Gasteiger partial charge >= 0.3 is 0 Å². The number of hydrogen-bond acceptors (Lipinski definition) is 4. The summed E-state index contributed by atoms with van der Waals surface area (Å²) in [6, 6.07) is 19.7. The molecule has 6 heteroatoms. The molecule has 5 nitrogen and oxygen atoms in total. The van der Waals surface area contributed by atoms with Gasteiger partial charge in [0.15, 0.2) is 11.5 Å². The molecule has 0 spiro atoms. The number of halogens is 1. The number of amides is 1. The number of benzene rings is 2. The van der Waals surface area contributed by atoms with E-state index in [1.54, 1.807) is 24.3 Å². The zero-order valence-corrected chi connectivity index (χ0v) is 17.6. The van der Waals surface area contributed by atoms with E-state index in [4.69, 9.17) is 16.0 Å². The minimum atomic E-state index is -0.738. The summed E-state index contributed by atoms with van der Waals surface area (Å²) in [5.74, 6) is -0.851. The topological polar surface area (TPSA) is 70.8 Å². The van der Waals surface area contributed by atoms with E-state index in [-0.39, 0.29) is 17.8 Å². The van der Waals surface area contributed by atoms with Crippen LogP contribution in [-0.4, -0.2) is 28.2 Å². The standard InChI is InChI=1S/C25H22ClNO4/c26-19-11-8-18(9-12-19)14-15-27-23(21-7-4-16-31-21)22(24(29)25(27)30)20(28)13-10-17-5-2-1-3-6-17/h1-9,11-12,16,23,29H,10,13-15H2. The highest BCUT2D eigenvalue weighted by Gasteiger charge is 2.44. The Labute approximate surface area is 185 Å². The molecule has 1 aromatic heterocycles. The molecule has 2 heterocycles. The number of ketones is 1. The molecule has 4 rings (SSSR count). The van der Waals surface area contributed by atoms with Gasteiger partial charge in [0.1, 0.15) is 11.8 Å². The van der Waals surface area contributed by atoms with E-state index in [0.29, 0.717) is 30.2 Å². The summed E-state index contributed by atoms with van der Waals surface area (Å²) < 4.78 is 5.55. The summed E-state index contributed by atoms with van der Waals surface area (Å²) in [7, 11) is 0. The Morgan fingerprint density at radius 3 is 2.35 bits per heavy atom. The van der Waals surface area contributed by atoms with Crippen LogP contribution in [0.5, 0.6) is 0 Å². The maximum atomic E-state index is 13.1. The molecule has 1 aliphatic rings. The molecule has 0 saturated heterocycles. The van der Waals surface area contributed by atoms with E-state index >= 15 is 0 Å². The fraction of sp³-hybridized carbons (Fsp3) is 0.200. The van der Waals surface area contributed by atoms with E-state index in [1.165, 1.54) is 11.2 Å². The first-order valence-electron chi connectivity index (χ1n) is 10.1. The number of carbonyl (C=O) groups excluding carboxylic acids is 2. The number of hydrogen-bond donors (Lipinski definition) is 1. The van der Waals surface area contributed by atoms with Crippen LogP contribution in [0.1, 0.15) is 29.3 Å². The average Bonchev–Trinajstić information content (AvgIpc) is 3.40. The summed E-state index contributed by atoms with van der Waals surface area (Å²) in [5.41, 5.74) is 2.13. The summed E-state index contributed by atoms with van der Waals surface area (Å²) in [6.07, 6.45) is 2.77. The third-order valence-electron chi connectivity index (χ3n) is 5.45. The van der Waals surface area contributed by atoms with Gasteiger partial charge in [-0.25, -0.2) is 0 Å². The maximum Gasteiger partial charge on any atom is 0.290 e. The summed E-state index contributed by atoms with van der Waals surface area (Å²) in [5, 5.41) is 11.2. The van der Waals surface area contributed by atoms with Gasteiger partial charge in [-0.3, -0.25) is 9.59 Å². The zero-order chi connectivity index (χ0) is 21.8. The lowest BCUT2D eigenvalue weighted by atomic mass is 9.96. The average molecular weight is 436 g/mol. The third-order valence-corrected chi connectivity index (χ3v) is 5.71. The van der Waals surface area contributed by atoms with Gasteiger partial charge < -0.3 is 14.4 Å². The van der Waals surface area contributed by atoms with Crippen molar-refractivity contribution in [1.82, 2.24) is 4.90 Å². The van der Waals surface area contributed by atoms with Crippen LogP contribution in [0.4, 0.5) is 0 Å². The van der Waals surface area contributed by atoms with Gasteiger partial charge in [-0.15, -0.1) is 0 Å². The van der Waals surface area contributed by atoms with Crippen molar-refractivity contribution in [2.45, 2.75) is 25.3 Å². The molecule has 3 aromatic rings. The lowest BCUT2D eigenvalue weighted by molar-refractivity contribution is -0.129. The first-order chi connectivity index (χ1) is 15.0. The van der Waals surface area contributed by atoms with Crippen LogP contribution < -0.4 is 0 Å². The monoisotopic (exact) mass is 435 g/mol. The van der Waals surface area contributed by atoms with E-state index in [9.17, 15) is 14.7 Å². The molecule has 1 unspecified atom stereocenters. The van der Waals surface area contributed by atoms with Crippen LogP contribution in [0, 0.1) is 0 Å². The largest absolute Gasteiger partial charge is 0.503 e. The molecule has 0 radical (unpaired) electrons. The van der Waals surface area contributed by atoms with Gasteiger partial charge in [0.05, 0.1) is 11.8 Å². The van der Waals surface area contributed by atoms with Crippen LogP contribution in [-0.2, 0) is 22.4 Å². The van der Waals surface area contributed by atoms with Crippen LogP contribution in [0.15, 0.2) is 88.7 Å². The van der Waals surface area contributed by atoms with E-state index < -0.39 is 17.7 Å². The molecular formula is C25H22ClNO4. The van der Waals surface area contributed by atoms with E-state index in [0.717, 1.165) is 11.1 Å². The summed E-state index contributed by atoms with van der Waals surface area (Å²) in [6.45, 7) is 0.325. The fourth-order valence-corrected chi connectivity index (χ4v) is 3.98. The molecule has 1 N–H and O–H groups in total. The van der Waals surface area contributed by atoms with Crippen molar-refractivity contribution in [3.8, 4) is 0 Å². The highest BCUT2D eigenvalue weighted by molar-refractivity contribution is 6.30. The highest BCUT2D eigenvalue weighted by atomic mass is 35.5. The Kier molecular flexibility index (Phi) is 6.23. The first-order valence-corrected chi connectivity index (χ1v) is 10.5. The molecule has 0 aliphatic carbocycles. The molecule has 1 atom stereocenters. The molecule has 2 aromatic carbocycles. The van der Waals surface area contributed by atoms with Gasteiger partial charge in [-0.2, -0.15) is 0 Å². The normalized spacial score (nSPS) is 16.2. The Balaban J connectivity index is 1.55. The number of rotatable bonds is 8. The second kappa shape index (κ2) is 9.23. The number of Topliss-reactive ketones (excluding diaryl/α,β-unsaturated/α-hetero) is 1. The van der Waals surface area contributed by atoms with Gasteiger partial charge in [0, 0.05) is 18.0 Å². The van der Waals surface area contributed by atoms with Crippen molar-refractivity contribution >= 4 is 23.3 Å². The lowest BCUT2D eigenvalue weighted by Crippen LogP contribution is -2.32. The van der Waals surface area contributed by atoms with Crippen LogP contribution in [0.3, 0.4) is 0 Å². The lowest BCUT2D eigenvalue weighted by Gasteiger charge is -2.25. The predicted molar refractivity (Wildman–Crippen MR) is 118 cm³/mol. The molecule has 0 fully saturated rings. The van der Waals surface area contributed by atoms with Crippen LogP contribution in [0.25, 0.3) is 0 Å². The van der Waals surface area contributed by atoms with Gasteiger partial charge in [0.25, 0.3) is 5.91 Å². The van der Waals surface area contributed by atoms with Crippen molar-refractivity contribution in [2.75, 3.05) is 6.54 Å².